The minimum Gasteiger partial charge on any atom is -0.493 e. The molecular weight excluding hydrogens is 504 g/mol. The van der Waals surface area contributed by atoms with Crippen LogP contribution in [0.1, 0.15) is 64.2 Å². The molecule has 5 atom stereocenters. The lowest BCUT2D eigenvalue weighted by Crippen LogP contribution is -2.33. The van der Waals surface area contributed by atoms with Crippen LogP contribution in [0, 0.1) is 23.7 Å². The van der Waals surface area contributed by atoms with Gasteiger partial charge in [0.2, 0.25) is 0 Å². The van der Waals surface area contributed by atoms with Crippen molar-refractivity contribution in [2.75, 3.05) is 34.0 Å². The number of carbonyl (C=O) groups excluding carboxylic acids is 2. The number of ether oxygens (including phenoxy) is 5. The Bertz CT molecular complexity index is 981. The zero-order chi connectivity index (χ0) is 28.9. The van der Waals surface area contributed by atoms with Gasteiger partial charge < -0.3 is 29.4 Å². The highest BCUT2D eigenvalue weighted by atomic mass is 16.6. The van der Waals surface area contributed by atoms with Gasteiger partial charge in [-0.25, -0.2) is 4.79 Å². The molecule has 5 unspecified atom stereocenters. The van der Waals surface area contributed by atoms with Gasteiger partial charge in [0, 0.05) is 50.2 Å². The Hall–Kier alpha value is -2.85. The second kappa shape index (κ2) is 16.3. The molecule has 1 aromatic rings. The van der Waals surface area contributed by atoms with Crippen molar-refractivity contribution in [3.63, 3.8) is 0 Å². The molecule has 2 N–H and O–H groups in total. The number of azide groups is 1. The highest BCUT2D eigenvalue weighted by Gasteiger charge is 2.42. The van der Waals surface area contributed by atoms with Gasteiger partial charge in [0.05, 0.1) is 18.6 Å². The van der Waals surface area contributed by atoms with Crippen LogP contribution in [0.15, 0.2) is 23.3 Å². The monoisotopic (exact) mass is 548 g/mol. The van der Waals surface area contributed by atoms with Crippen LogP contribution in [0.5, 0.6) is 5.75 Å². The summed E-state index contributed by atoms with van der Waals surface area (Å²) in [5.41, 5.74) is 16.9. The predicted molar refractivity (Wildman–Crippen MR) is 146 cm³/mol. The fourth-order valence-electron chi connectivity index (χ4n) is 4.91. The number of nitrogens with zero attached hydrogens (tertiary/aromatic N) is 3. The molecule has 1 heterocycles. The topological polar surface area (TPSA) is 155 Å². The van der Waals surface area contributed by atoms with Gasteiger partial charge in [-0.2, -0.15) is 0 Å². The highest BCUT2D eigenvalue weighted by molar-refractivity contribution is 5.75. The van der Waals surface area contributed by atoms with Crippen molar-refractivity contribution in [1.82, 2.24) is 0 Å². The number of hydrogen-bond donors (Lipinski definition) is 1. The van der Waals surface area contributed by atoms with Gasteiger partial charge in [-0.15, -0.1) is 0 Å². The van der Waals surface area contributed by atoms with Crippen molar-refractivity contribution in [1.29, 1.82) is 0 Å². The Morgan fingerprint density at radius 3 is 2.51 bits per heavy atom. The molecule has 11 heteroatoms. The third-order valence-corrected chi connectivity index (χ3v) is 7.16. The van der Waals surface area contributed by atoms with E-state index in [4.69, 9.17) is 29.4 Å². The summed E-state index contributed by atoms with van der Waals surface area (Å²) in [4.78, 5) is 28.2. The van der Waals surface area contributed by atoms with E-state index in [1.807, 2.05) is 45.9 Å². The van der Waals surface area contributed by atoms with Crippen molar-refractivity contribution in [2.24, 2.45) is 34.5 Å². The molecule has 0 spiro atoms. The van der Waals surface area contributed by atoms with Crippen molar-refractivity contribution in [3.8, 4) is 5.75 Å². The molecule has 0 aliphatic carbocycles. The molecule has 1 aliphatic rings. The second-order valence-corrected chi connectivity index (χ2v) is 10.6. The molecule has 2 rings (SSSR count). The maximum Gasteiger partial charge on any atom is 0.332 e. The summed E-state index contributed by atoms with van der Waals surface area (Å²) < 4.78 is 27.8. The third kappa shape index (κ3) is 9.39. The van der Waals surface area contributed by atoms with E-state index in [1.165, 1.54) is 7.11 Å². The number of nitrogens with two attached hydrogens (primary N) is 1. The smallest absolute Gasteiger partial charge is 0.332 e. The molecule has 0 saturated carbocycles. The Morgan fingerprint density at radius 2 is 1.95 bits per heavy atom. The number of carbonyl (C=O) groups is 2. The average molecular weight is 549 g/mol. The molecule has 218 valence electrons. The van der Waals surface area contributed by atoms with Crippen LogP contribution in [-0.4, -0.2) is 58.1 Å². The Kier molecular flexibility index (Phi) is 13.5. The molecule has 11 nitrogen and oxygen atoms in total. The largest absolute Gasteiger partial charge is 0.493 e. The van der Waals surface area contributed by atoms with Gasteiger partial charge in [0.25, 0.3) is 0 Å². The van der Waals surface area contributed by atoms with Crippen LogP contribution in [0.4, 0.5) is 0 Å². The molecule has 1 aromatic carbocycles. The molecule has 1 saturated heterocycles. The fraction of sp³-hybridized carbons (Fsp3) is 0.714. The normalized spacial score (nSPS) is 19.4. The zero-order valence-electron chi connectivity index (χ0n) is 24.0. The highest BCUT2D eigenvalue weighted by Crippen LogP contribution is 2.40. The van der Waals surface area contributed by atoms with Crippen molar-refractivity contribution >= 4 is 11.9 Å². The number of hydrogen-bond acceptors (Lipinski definition) is 9. The summed E-state index contributed by atoms with van der Waals surface area (Å²) in [6, 6.07) is 4.97. The lowest BCUT2D eigenvalue weighted by Gasteiger charge is -2.33. The first kappa shape index (κ1) is 32.4. The maximum absolute atomic E-state index is 12.7. The van der Waals surface area contributed by atoms with E-state index < -0.39 is 24.2 Å². The fourth-order valence-corrected chi connectivity index (χ4v) is 4.91. The van der Waals surface area contributed by atoms with Crippen LogP contribution >= 0.6 is 0 Å². The van der Waals surface area contributed by atoms with Gasteiger partial charge in [-0.3, -0.25) is 4.79 Å². The van der Waals surface area contributed by atoms with Gasteiger partial charge in [-0.05, 0) is 41.8 Å². The average Bonchev–Trinajstić information content (AvgIpc) is 3.29. The van der Waals surface area contributed by atoms with Crippen LogP contribution in [0.2, 0.25) is 0 Å². The molecule has 0 aromatic heterocycles. The van der Waals surface area contributed by atoms with Crippen molar-refractivity contribution in [2.45, 2.75) is 71.8 Å². The molecular formula is C28H44N4O7. The number of cyclic esters (lactones) is 1. The first-order valence-electron chi connectivity index (χ1n) is 13.5. The van der Waals surface area contributed by atoms with E-state index >= 15 is 0 Å². The van der Waals surface area contributed by atoms with Crippen LogP contribution in [0.3, 0.4) is 0 Å². The second-order valence-electron chi connectivity index (χ2n) is 10.6. The molecule has 1 aliphatic heterocycles. The van der Waals surface area contributed by atoms with E-state index in [0.717, 1.165) is 11.1 Å². The van der Waals surface area contributed by atoms with E-state index in [9.17, 15) is 15.1 Å². The summed E-state index contributed by atoms with van der Waals surface area (Å²) >= 11 is 0. The van der Waals surface area contributed by atoms with Gasteiger partial charge in [0.15, 0.2) is 0 Å². The third-order valence-electron chi connectivity index (χ3n) is 7.16. The first-order valence-corrected chi connectivity index (χ1v) is 13.5. The number of methoxy groups -OCH3 is 2. The van der Waals surface area contributed by atoms with E-state index in [0.29, 0.717) is 38.2 Å². The minimum atomic E-state index is -0.699. The Balaban J connectivity index is 2.44. The van der Waals surface area contributed by atoms with Crippen molar-refractivity contribution in [3.05, 3.63) is 39.8 Å². The quantitative estimate of drug-likeness (QED) is 0.0964. The van der Waals surface area contributed by atoms with E-state index in [-0.39, 0.29) is 42.8 Å². The van der Waals surface area contributed by atoms with E-state index in [1.54, 1.807) is 7.11 Å². The van der Waals surface area contributed by atoms with Crippen molar-refractivity contribution < 1.29 is 33.3 Å². The Labute approximate surface area is 231 Å². The molecule has 0 bridgehead atoms. The number of rotatable bonds is 17. The van der Waals surface area contributed by atoms with Gasteiger partial charge >= 0.3 is 11.9 Å². The SMILES string of the molecule is COCCCOc1cc(C(OC(=O)COC)C(CC(N=[N+]=[N-])C2CC(C(C)C)C(=O)O2)C(C)C)ccc1CN. The lowest BCUT2D eigenvalue weighted by atomic mass is 9.79. The predicted octanol–water partition coefficient (Wildman–Crippen LogP) is 4.72. The molecule has 0 radical (unpaired) electrons. The first-order chi connectivity index (χ1) is 18.7. The standard InChI is InChI=1S/C28H44N4O7/c1-17(2)21(13-23(31-32-30)25-14-22(18(3)4)28(34)38-25)27(39-26(33)16-36-6)19-8-9-20(15-29)24(12-19)37-11-7-10-35-5/h8-9,12,17-18,21-23,25,27H,7,10-11,13-16,29H2,1-6H3. The van der Waals surface area contributed by atoms with Crippen LogP contribution < -0.4 is 10.5 Å². The summed E-state index contributed by atoms with van der Waals surface area (Å²) in [6.45, 7) is 9.05. The number of benzene rings is 1. The summed E-state index contributed by atoms with van der Waals surface area (Å²) in [7, 11) is 3.06. The van der Waals surface area contributed by atoms with E-state index in [2.05, 4.69) is 10.0 Å². The van der Waals surface area contributed by atoms with Crippen LogP contribution in [0.25, 0.3) is 10.4 Å². The molecule has 0 amide bonds. The maximum atomic E-state index is 12.7. The minimum absolute atomic E-state index is 0.0139. The van der Waals surface area contributed by atoms with Gasteiger partial charge in [-0.1, -0.05) is 44.9 Å². The zero-order valence-corrected chi connectivity index (χ0v) is 24.0. The number of esters is 2. The molecule has 1 fully saturated rings. The lowest BCUT2D eigenvalue weighted by molar-refractivity contribution is -0.158. The summed E-state index contributed by atoms with van der Waals surface area (Å²) in [6.07, 6.45) is 0.283. The Morgan fingerprint density at radius 1 is 1.21 bits per heavy atom. The molecule has 39 heavy (non-hydrogen) atoms. The van der Waals surface area contributed by atoms with Gasteiger partial charge in [0.1, 0.15) is 24.6 Å². The van der Waals surface area contributed by atoms with Crippen LogP contribution in [-0.2, 0) is 35.1 Å². The summed E-state index contributed by atoms with van der Waals surface area (Å²) in [5.74, 6) is -0.584. The summed E-state index contributed by atoms with van der Waals surface area (Å²) in [5, 5.41) is 4.04.